The smallest absolute Gasteiger partial charge is 0.117 e. The Morgan fingerprint density at radius 2 is 2.19 bits per heavy atom. The van der Waals surface area contributed by atoms with Crippen LogP contribution < -0.4 is 0 Å². The van der Waals surface area contributed by atoms with Crippen LogP contribution in [0.15, 0.2) is 32.9 Å². The molecule has 0 saturated carbocycles. The Labute approximate surface area is 103 Å². The first kappa shape index (κ1) is 11.3. The number of fused-ring (bicyclic) bond motifs is 1. The molecule has 0 spiro atoms. The Morgan fingerprint density at radius 1 is 1.38 bits per heavy atom. The fraction of sp³-hybridized carbons (Fsp3) is 0.182. The molecule has 0 unspecified atom stereocenters. The van der Waals surface area contributed by atoms with Gasteiger partial charge < -0.3 is 10.0 Å². The monoisotopic (exact) mass is 252 g/mol. The van der Waals surface area contributed by atoms with Gasteiger partial charge in [0.05, 0.1) is 10.5 Å². The second-order valence-corrected chi connectivity index (χ2v) is 5.74. The maximum Gasteiger partial charge on any atom is 0.117 e. The molecule has 3 nitrogen and oxygen atoms in total. The number of benzene rings is 1. The largest absolute Gasteiger partial charge is 0.508 e. The molecule has 1 aromatic carbocycles. The molecule has 16 heavy (non-hydrogen) atoms. The van der Waals surface area contributed by atoms with Gasteiger partial charge in [-0.1, -0.05) is 0 Å². The lowest BCUT2D eigenvalue weighted by atomic mass is 10.2. The number of hydrogen-bond acceptors (Lipinski definition) is 4. The first-order valence-corrected chi connectivity index (χ1v) is 6.33. The van der Waals surface area contributed by atoms with Crippen LogP contribution in [-0.4, -0.2) is 30.4 Å². The molecular formula is C11H12N2OS2. The van der Waals surface area contributed by atoms with Gasteiger partial charge in [0.25, 0.3) is 0 Å². The standard InChI is InChI=1S/C11H12N2OS2/c1-13(2)7-12-16-11-5-8-3-4-9(14)6-10(8)15-11/h3-7,14H,1-2H3. The maximum absolute atomic E-state index is 9.35. The minimum absolute atomic E-state index is 0.308. The van der Waals surface area contributed by atoms with Gasteiger partial charge in [-0.15, -0.1) is 11.3 Å². The molecule has 5 heteroatoms. The molecule has 0 bridgehead atoms. The Balaban J connectivity index is 2.20. The van der Waals surface area contributed by atoms with Gasteiger partial charge in [-0.05, 0) is 29.7 Å². The third kappa shape index (κ3) is 2.68. The molecule has 0 radical (unpaired) electrons. The van der Waals surface area contributed by atoms with Crippen molar-refractivity contribution in [1.29, 1.82) is 0 Å². The van der Waals surface area contributed by atoms with Crippen LogP contribution in [0.5, 0.6) is 5.75 Å². The van der Waals surface area contributed by atoms with Crippen molar-refractivity contribution in [3.05, 3.63) is 24.3 Å². The summed E-state index contributed by atoms with van der Waals surface area (Å²) in [5.41, 5.74) is 0. The Bertz CT molecular complexity index is 520. The average molecular weight is 252 g/mol. The van der Waals surface area contributed by atoms with E-state index in [0.717, 1.165) is 14.3 Å². The molecule has 0 atom stereocenters. The summed E-state index contributed by atoms with van der Waals surface area (Å²) in [4.78, 5) is 1.89. The van der Waals surface area contributed by atoms with E-state index in [1.807, 2.05) is 25.1 Å². The van der Waals surface area contributed by atoms with Crippen LogP contribution in [0.4, 0.5) is 0 Å². The third-order valence-electron chi connectivity index (χ3n) is 1.90. The van der Waals surface area contributed by atoms with E-state index in [1.54, 1.807) is 29.8 Å². The summed E-state index contributed by atoms with van der Waals surface area (Å²) in [5.74, 6) is 0.308. The zero-order chi connectivity index (χ0) is 11.5. The van der Waals surface area contributed by atoms with Crippen LogP contribution in [0.25, 0.3) is 10.1 Å². The van der Waals surface area contributed by atoms with E-state index in [-0.39, 0.29) is 0 Å². The number of phenols is 1. The SMILES string of the molecule is CN(C)C=NSc1cc2ccc(O)cc2s1. The van der Waals surface area contributed by atoms with E-state index in [9.17, 15) is 5.11 Å². The lowest BCUT2D eigenvalue weighted by Crippen LogP contribution is -2.06. The third-order valence-corrected chi connectivity index (χ3v) is 3.77. The number of nitrogens with zero attached hydrogens (tertiary/aromatic N) is 2. The van der Waals surface area contributed by atoms with E-state index >= 15 is 0 Å². The molecule has 0 aliphatic rings. The Kier molecular flexibility index (Phi) is 3.36. The number of phenolic OH excluding ortho intramolecular Hbond substituents is 1. The summed E-state index contributed by atoms with van der Waals surface area (Å²) >= 11 is 3.08. The van der Waals surface area contributed by atoms with Gasteiger partial charge in [0, 0.05) is 30.7 Å². The number of aromatic hydroxyl groups is 1. The molecule has 84 valence electrons. The van der Waals surface area contributed by atoms with E-state index in [0.29, 0.717) is 5.75 Å². The predicted octanol–water partition coefficient (Wildman–Crippen LogP) is 3.20. The summed E-state index contributed by atoms with van der Waals surface area (Å²) in [5, 5.41) is 10.5. The zero-order valence-electron chi connectivity index (χ0n) is 9.04. The molecule has 2 rings (SSSR count). The van der Waals surface area contributed by atoms with E-state index in [1.165, 1.54) is 11.9 Å². The van der Waals surface area contributed by atoms with Crippen molar-refractivity contribution >= 4 is 39.7 Å². The fourth-order valence-electron chi connectivity index (χ4n) is 1.21. The van der Waals surface area contributed by atoms with Crippen LogP contribution in [0.1, 0.15) is 0 Å². The van der Waals surface area contributed by atoms with E-state index < -0.39 is 0 Å². The van der Waals surface area contributed by atoms with Crippen LogP contribution >= 0.6 is 23.3 Å². The average Bonchev–Trinajstić information content (AvgIpc) is 2.58. The van der Waals surface area contributed by atoms with Gasteiger partial charge >= 0.3 is 0 Å². The van der Waals surface area contributed by atoms with Gasteiger partial charge in [-0.3, -0.25) is 0 Å². The van der Waals surface area contributed by atoms with Crippen molar-refractivity contribution in [2.45, 2.75) is 4.21 Å². The highest BCUT2D eigenvalue weighted by Gasteiger charge is 2.02. The summed E-state index contributed by atoms with van der Waals surface area (Å²) < 4.78 is 6.43. The zero-order valence-corrected chi connectivity index (χ0v) is 10.7. The summed E-state index contributed by atoms with van der Waals surface area (Å²) in [7, 11) is 3.88. The van der Waals surface area contributed by atoms with Crippen molar-refractivity contribution < 1.29 is 5.11 Å². The normalized spacial score (nSPS) is 11.4. The molecule has 0 saturated heterocycles. The van der Waals surface area contributed by atoms with E-state index in [4.69, 9.17) is 0 Å². The second kappa shape index (κ2) is 4.76. The summed E-state index contributed by atoms with van der Waals surface area (Å²) in [6.07, 6.45) is 1.77. The Morgan fingerprint density at radius 3 is 2.94 bits per heavy atom. The first-order chi connectivity index (χ1) is 7.65. The minimum Gasteiger partial charge on any atom is -0.508 e. The van der Waals surface area contributed by atoms with Gasteiger partial charge in [-0.2, -0.15) is 0 Å². The Hall–Kier alpha value is -1.20. The summed E-state index contributed by atoms with van der Waals surface area (Å²) in [6.45, 7) is 0. The van der Waals surface area contributed by atoms with Crippen molar-refractivity contribution in [1.82, 2.24) is 4.90 Å². The molecule has 0 amide bonds. The maximum atomic E-state index is 9.35. The van der Waals surface area contributed by atoms with Crippen LogP contribution in [0, 0.1) is 0 Å². The quantitative estimate of drug-likeness (QED) is 0.517. The molecule has 0 aliphatic carbocycles. The van der Waals surface area contributed by atoms with Crippen LogP contribution in [0.3, 0.4) is 0 Å². The predicted molar refractivity (Wildman–Crippen MR) is 71.5 cm³/mol. The molecule has 1 heterocycles. The van der Waals surface area contributed by atoms with Gasteiger partial charge in [0.1, 0.15) is 5.75 Å². The second-order valence-electron chi connectivity index (χ2n) is 3.56. The lowest BCUT2D eigenvalue weighted by Gasteiger charge is -2.00. The van der Waals surface area contributed by atoms with Crippen molar-refractivity contribution in [2.75, 3.05) is 14.1 Å². The van der Waals surface area contributed by atoms with Crippen LogP contribution in [-0.2, 0) is 0 Å². The van der Waals surface area contributed by atoms with Gasteiger partial charge in [0.15, 0.2) is 0 Å². The first-order valence-electron chi connectivity index (χ1n) is 4.74. The van der Waals surface area contributed by atoms with Gasteiger partial charge in [0.2, 0.25) is 0 Å². The molecule has 0 fully saturated rings. The highest BCUT2D eigenvalue weighted by molar-refractivity contribution is 8.00. The van der Waals surface area contributed by atoms with Crippen molar-refractivity contribution in [3.8, 4) is 5.75 Å². The molecule has 1 N–H and O–H groups in total. The van der Waals surface area contributed by atoms with Gasteiger partial charge in [-0.25, -0.2) is 4.40 Å². The molecular weight excluding hydrogens is 240 g/mol. The number of hydrogen-bond donors (Lipinski definition) is 1. The lowest BCUT2D eigenvalue weighted by molar-refractivity contribution is 0.476. The molecule has 1 aromatic heterocycles. The van der Waals surface area contributed by atoms with Crippen molar-refractivity contribution in [3.63, 3.8) is 0 Å². The fourth-order valence-corrected chi connectivity index (χ4v) is 3.10. The minimum atomic E-state index is 0.308. The van der Waals surface area contributed by atoms with Crippen LogP contribution in [0.2, 0.25) is 0 Å². The molecule has 2 aromatic rings. The highest BCUT2D eigenvalue weighted by atomic mass is 32.2. The van der Waals surface area contributed by atoms with Crippen molar-refractivity contribution in [2.24, 2.45) is 4.40 Å². The highest BCUT2D eigenvalue weighted by Crippen LogP contribution is 2.34. The summed E-state index contributed by atoms with van der Waals surface area (Å²) in [6, 6.07) is 7.48. The number of rotatable bonds is 3. The topological polar surface area (TPSA) is 35.8 Å². The number of thiophene rings is 1. The molecule has 0 aliphatic heterocycles. The van der Waals surface area contributed by atoms with E-state index in [2.05, 4.69) is 10.5 Å².